The monoisotopic (exact) mass is 310 g/mol. The van der Waals surface area contributed by atoms with Gasteiger partial charge in [0.25, 0.3) is 0 Å². The molecule has 0 spiro atoms. The third kappa shape index (κ3) is 2.93. The average Bonchev–Trinajstić information content (AvgIpc) is 2.33. The molecular formula is C14H19BrN2O. The van der Waals surface area contributed by atoms with Crippen LogP contribution >= 0.6 is 15.9 Å². The van der Waals surface area contributed by atoms with Gasteiger partial charge in [0.15, 0.2) is 0 Å². The lowest BCUT2D eigenvalue weighted by Crippen LogP contribution is -2.52. The summed E-state index contributed by atoms with van der Waals surface area (Å²) in [6.07, 6.45) is 4.85. The lowest BCUT2D eigenvalue weighted by Gasteiger charge is -2.32. The Bertz CT molecular complexity index is 453. The molecule has 0 radical (unpaired) electrons. The maximum absolute atomic E-state index is 12.3. The number of carbonyl (C=O) groups is 1. The van der Waals surface area contributed by atoms with Gasteiger partial charge in [0, 0.05) is 10.2 Å². The highest BCUT2D eigenvalue weighted by atomic mass is 79.9. The predicted octanol–water partition coefficient (Wildman–Crippen LogP) is 3.36. The van der Waals surface area contributed by atoms with Crippen molar-refractivity contribution in [3.05, 3.63) is 28.2 Å². The number of anilines is 1. The molecule has 0 bridgehead atoms. The summed E-state index contributed by atoms with van der Waals surface area (Å²) in [5.41, 5.74) is 7.41. The van der Waals surface area contributed by atoms with Crippen LogP contribution in [0.2, 0.25) is 0 Å². The van der Waals surface area contributed by atoms with Gasteiger partial charge in [-0.2, -0.15) is 0 Å². The van der Waals surface area contributed by atoms with Crippen molar-refractivity contribution in [3.63, 3.8) is 0 Å². The molecule has 0 heterocycles. The van der Waals surface area contributed by atoms with Gasteiger partial charge < -0.3 is 11.1 Å². The molecule has 1 saturated carbocycles. The highest BCUT2D eigenvalue weighted by Gasteiger charge is 2.35. The van der Waals surface area contributed by atoms with Gasteiger partial charge in [0.05, 0.1) is 5.54 Å². The maximum atomic E-state index is 12.3. The van der Waals surface area contributed by atoms with Crippen molar-refractivity contribution in [2.24, 2.45) is 5.73 Å². The first-order chi connectivity index (χ1) is 8.51. The Morgan fingerprint density at radius 1 is 1.33 bits per heavy atom. The fourth-order valence-corrected chi connectivity index (χ4v) is 2.90. The highest BCUT2D eigenvalue weighted by molar-refractivity contribution is 9.10. The molecule has 3 nitrogen and oxygen atoms in total. The van der Waals surface area contributed by atoms with Gasteiger partial charge in [0.1, 0.15) is 0 Å². The number of carbonyl (C=O) groups excluding carboxylic acids is 1. The normalized spacial score (nSPS) is 18.4. The zero-order valence-electron chi connectivity index (χ0n) is 10.6. The fraction of sp³-hybridized carbons (Fsp3) is 0.500. The molecular weight excluding hydrogens is 292 g/mol. The predicted molar refractivity (Wildman–Crippen MR) is 77.5 cm³/mol. The van der Waals surface area contributed by atoms with Crippen molar-refractivity contribution < 1.29 is 4.79 Å². The summed E-state index contributed by atoms with van der Waals surface area (Å²) < 4.78 is 1.01. The van der Waals surface area contributed by atoms with Crippen LogP contribution in [0.15, 0.2) is 22.7 Å². The van der Waals surface area contributed by atoms with Crippen LogP contribution in [0.1, 0.15) is 37.7 Å². The Morgan fingerprint density at radius 2 is 2.00 bits per heavy atom. The van der Waals surface area contributed by atoms with Crippen LogP contribution in [0.3, 0.4) is 0 Å². The van der Waals surface area contributed by atoms with Crippen molar-refractivity contribution >= 4 is 27.5 Å². The topological polar surface area (TPSA) is 55.1 Å². The Labute approximate surface area is 116 Å². The molecule has 0 aliphatic heterocycles. The van der Waals surface area contributed by atoms with Gasteiger partial charge in [-0.05, 0) is 43.5 Å². The van der Waals surface area contributed by atoms with E-state index >= 15 is 0 Å². The summed E-state index contributed by atoms with van der Waals surface area (Å²) in [6, 6.07) is 5.82. The van der Waals surface area contributed by atoms with Crippen LogP contribution in [0.4, 0.5) is 5.69 Å². The molecule has 3 N–H and O–H groups in total. The summed E-state index contributed by atoms with van der Waals surface area (Å²) in [4.78, 5) is 12.3. The standard InChI is InChI=1S/C14H19BrN2O/c1-10-9-11(15)5-6-12(10)17-13(18)14(16)7-3-2-4-8-14/h5-6,9H,2-4,7-8,16H2,1H3,(H,17,18). The van der Waals surface area contributed by atoms with Crippen molar-refractivity contribution in [2.45, 2.75) is 44.6 Å². The van der Waals surface area contributed by atoms with Crippen LogP contribution in [0.25, 0.3) is 0 Å². The summed E-state index contributed by atoms with van der Waals surface area (Å²) in [5.74, 6) is -0.0485. The minimum Gasteiger partial charge on any atom is -0.324 e. The highest BCUT2D eigenvalue weighted by Crippen LogP contribution is 2.28. The molecule has 1 amide bonds. The van der Waals surface area contributed by atoms with E-state index in [1.807, 2.05) is 25.1 Å². The van der Waals surface area contributed by atoms with E-state index < -0.39 is 5.54 Å². The number of amides is 1. The van der Waals surface area contributed by atoms with E-state index in [9.17, 15) is 4.79 Å². The molecule has 1 aromatic carbocycles. The van der Waals surface area contributed by atoms with E-state index in [1.54, 1.807) is 0 Å². The molecule has 1 aromatic rings. The van der Waals surface area contributed by atoms with Crippen LogP contribution < -0.4 is 11.1 Å². The van der Waals surface area contributed by atoms with Crippen molar-refractivity contribution in [2.75, 3.05) is 5.32 Å². The third-order valence-electron chi connectivity index (χ3n) is 3.63. The first-order valence-corrected chi connectivity index (χ1v) is 7.17. The number of halogens is 1. The van der Waals surface area contributed by atoms with Crippen molar-refractivity contribution in [1.29, 1.82) is 0 Å². The number of aryl methyl sites for hydroxylation is 1. The molecule has 1 fully saturated rings. The Morgan fingerprint density at radius 3 is 2.61 bits per heavy atom. The maximum Gasteiger partial charge on any atom is 0.244 e. The molecule has 2 rings (SSSR count). The number of benzene rings is 1. The lowest BCUT2D eigenvalue weighted by atomic mass is 9.82. The van der Waals surface area contributed by atoms with E-state index in [0.717, 1.165) is 41.4 Å². The SMILES string of the molecule is Cc1cc(Br)ccc1NC(=O)C1(N)CCCCC1. The van der Waals surface area contributed by atoms with Crippen molar-refractivity contribution in [3.8, 4) is 0 Å². The quantitative estimate of drug-likeness (QED) is 0.880. The first kappa shape index (κ1) is 13.6. The molecule has 1 aliphatic carbocycles. The smallest absolute Gasteiger partial charge is 0.244 e. The van der Waals surface area contributed by atoms with E-state index in [4.69, 9.17) is 5.73 Å². The second kappa shape index (κ2) is 5.41. The zero-order valence-corrected chi connectivity index (χ0v) is 12.2. The summed E-state index contributed by atoms with van der Waals surface area (Å²) >= 11 is 3.41. The van der Waals surface area contributed by atoms with Gasteiger partial charge in [0.2, 0.25) is 5.91 Å². The van der Waals surface area contributed by atoms with Crippen LogP contribution in [-0.2, 0) is 4.79 Å². The number of rotatable bonds is 2. The minimum absolute atomic E-state index is 0.0485. The molecule has 98 valence electrons. The molecule has 0 atom stereocenters. The third-order valence-corrected chi connectivity index (χ3v) is 4.13. The van der Waals surface area contributed by atoms with Gasteiger partial charge in [-0.15, -0.1) is 0 Å². The van der Waals surface area contributed by atoms with E-state index in [1.165, 1.54) is 6.42 Å². The van der Waals surface area contributed by atoms with Gasteiger partial charge in [-0.3, -0.25) is 4.79 Å². The minimum atomic E-state index is -0.683. The summed E-state index contributed by atoms with van der Waals surface area (Å²) in [7, 11) is 0. The zero-order chi connectivity index (χ0) is 13.2. The number of nitrogens with two attached hydrogens (primary N) is 1. The lowest BCUT2D eigenvalue weighted by molar-refractivity contribution is -0.122. The van der Waals surface area contributed by atoms with Crippen LogP contribution in [0.5, 0.6) is 0 Å². The summed E-state index contributed by atoms with van der Waals surface area (Å²) in [6.45, 7) is 1.98. The molecule has 0 saturated heterocycles. The number of hydrogen-bond acceptors (Lipinski definition) is 2. The molecule has 4 heteroatoms. The van der Waals surface area contributed by atoms with Crippen molar-refractivity contribution in [1.82, 2.24) is 0 Å². The Kier molecular flexibility index (Phi) is 4.07. The van der Waals surface area contributed by atoms with Gasteiger partial charge in [-0.25, -0.2) is 0 Å². The number of nitrogens with one attached hydrogen (secondary N) is 1. The Hall–Kier alpha value is -0.870. The summed E-state index contributed by atoms with van der Waals surface area (Å²) in [5, 5.41) is 2.96. The second-order valence-electron chi connectivity index (χ2n) is 5.13. The van der Waals surface area contributed by atoms with Crippen LogP contribution in [-0.4, -0.2) is 11.4 Å². The molecule has 0 unspecified atom stereocenters. The number of hydrogen-bond donors (Lipinski definition) is 2. The van der Waals surface area contributed by atoms with Gasteiger partial charge >= 0.3 is 0 Å². The Balaban J connectivity index is 2.11. The second-order valence-corrected chi connectivity index (χ2v) is 6.05. The molecule has 0 aromatic heterocycles. The largest absolute Gasteiger partial charge is 0.324 e. The van der Waals surface area contributed by atoms with E-state index in [2.05, 4.69) is 21.2 Å². The fourth-order valence-electron chi connectivity index (χ4n) is 2.42. The molecule has 1 aliphatic rings. The first-order valence-electron chi connectivity index (χ1n) is 6.38. The van der Waals surface area contributed by atoms with E-state index in [0.29, 0.717) is 0 Å². The van der Waals surface area contributed by atoms with Crippen LogP contribution in [0, 0.1) is 6.92 Å². The van der Waals surface area contributed by atoms with E-state index in [-0.39, 0.29) is 5.91 Å². The van der Waals surface area contributed by atoms with Gasteiger partial charge in [-0.1, -0.05) is 35.2 Å². The average molecular weight is 311 g/mol. The molecule has 18 heavy (non-hydrogen) atoms.